The Labute approximate surface area is 246 Å². The van der Waals surface area contributed by atoms with Crippen LogP contribution in [0.3, 0.4) is 0 Å². The third kappa shape index (κ3) is 6.90. The van der Waals surface area contributed by atoms with Crippen LogP contribution in [0.25, 0.3) is 6.08 Å². The first-order chi connectivity index (χ1) is 18.0. The lowest BCUT2D eigenvalue weighted by atomic mass is 10.1. The first-order valence-electron chi connectivity index (χ1n) is 11.6. The average molecular weight is 606 g/mol. The fourth-order valence-electron chi connectivity index (χ4n) is 3.71. The van der Waals surface area contributed by atoms with Gasteiger partial charge in [0.2, 0.25) is 10.0 Å². The summed E-state index contributed by atoms with van der Waals surface area (Å²) in [5.74, 6) is -0.218. The first-order valence-corrected chi connectivity index (χ1v) is 13.9. The zero-order valence-corrected chi connectivity index (χ0v) is 24.3. The second-order valence-corrected chi connectivity index (χ2v) is 12.6. The van der Waals surface area contributed by atoms with E-state index < -0.39 is 15.9 Å². The number of nitrogens with zero attached hydrogens (tertiary/aromatic N) is 1. The second-order valence-electron chi connectivity index (χ2n) is 8.59. The van der Waals surface area contributed by atoms with Crippen LogP contribution in [0.1, 0.15) is 40.0 Å². The normalized spacial score (nSPS) is 16.4. The van der Waals surface area contributed by atoms with Crippen molar-refractivity contribution in [2.24, 2.45) is 0 Å². The molecule has 0 saturated carbocycles. The van der Waals surface area contributed by atoms with Gasteiger partial charge in [0, 0.05) is 5.56 Å². The quantitative estimate of drug-likeness (QED) is 0.131. The SMILES string of the molecule is Cc1ccc(C(=O)N[C@H](Oc2ccc(/C=C3\SC(=S)N([C@H](C)c4ccccc4)C3=O)cc2)C(Cl)(Cl)Cl)cc1. The number of carbonyl (C=O) groups is 2. The lowest BCUT2D eigenvalue weighted by Gasteiger charge is -2.26. The summed E-state index contributed by atoms with van der Waals surface area (Å²) in [6.45, 7) is 3.87. The fourth-order valence-corrected chi connectivity index (χ4v) is 5.43. The van der Waals surface area contributed by atoms with Crippen molar-refractivity contribution in [2.45, 2.75) is 29.9 Å². The predicted octanol–water partition coefficient (Wildman–Crippen LogP) is 7.46. The number of hydrogen-bond donors (Lipinski definition) is 1. The van der Waals surface area contributed by atoms with Crippen LogP contribution < -0.4 is 10.1 Å². The van der Waals surface area contributed by atoms with Gasteiger partial charge in [0.05, 0.1) is 10.9 Å². The van der Waals surface area contributed by atoms with E-state index in [9.17, 15) is 9.59 Å². The summed E-state index contributed by atoms with van der Waals surface area (Å²) in [6.07, 6.45) is 0.523. The van der Waals surface area contributed by atoms with Crippen molar-refractivity contribution < 1.29 is 14.3 Å². The molecule has 0 spiro atoms. The molecule has 0 radical (unpaired) electrons. The molecule has 1 N–H and O–H groups in total. The highest BCUT2D eigenvalue weighted by atomic mass is 35.6. The molecule has 196 valence electrons. The Morgan fingerprint density at radius 2 is 1.66 bits per heavy atom. The van der Waals surface area contributed by atoms with Gasteiger partial charge < -0.3 is 10.1 Å². The lowest BCUT2D eigenvalue weighted by molar-refractivity contribution is -0.123. The summed E-state index contributed by atoms with van der Waals surface area (Å²) < 4.78 is 4.38. The van der Waals surface area contributed by atoms with Gasteiger partial charge in [-0.15, -0.1) is 0 Å². The number of alkyl halides is 3. The van der Waals surface area contributed by atoms with Crippen LogP contribution in [0.2, 0.25) is 0 Å². The van der Waals surface area contributed by atoms with Crippen molar-refractivity contribution in [3.05, 3.63) is 106 Å². The van der Waals surface area contributed by atoms with E-state index in [0.717, 1.165) is 16.7 Å². The summed E-state index contributed by atoms with van der Waals surface area (Å²) in [5, 5.41) is 2.62. The summed E-state index contributed by atoms with van der Waals surface area (Å²) >= 11 is 25.0. The molecule has 5 nitrogen and oxygen atoms in total. The van der Waals surface area contributed by atoms with Crippen LogP contribution in [0, 0.1) is 6.92 Å². The Bertz CT molecular complexity index is 1360. The van der Waals surface area contributed by atoms with Crippen molar-refractivity contribution >= 4 is 81.0 Å². The Hall–Kier alpha value is -2.55. The molecule has 4 rings (SSSR count). The molecule has 0 aliphatic carbocycles. The maximum Gasteiger partial charge on any atom is 0.266 e. The van der Waals surface area contributed by atoms with Crippen LogP contribution in [0.4, 0.5) is 0 Å². The number of carbonyl (C=O) groups excluding carboxylic acids is 2. The molecule has 1 fully saturated rings. The van der Waals surface area contributed by atoms with Gasteiger partial charge in [0.15, 0.2) is 0 Å². The van der Waals surface area contributed by atoms with Crippen LogP contribution in [-0.2, 0) is 4.79 Å². The number of benzene rings is 3. The maximum atomic E-state index is 13.1. The Morgan fingerprint density at radius 3 is 2.26 bits per heavy atom. The van der Waals surface area contributed by atoms with Crippen LogP contribution >= 0.6 is 58.8 Å². The third-order valence-electron chi connectivity index (χ3n) is 5.80. The standard InChI is InChI=1S/C28H23Cl3N2O3S2/c1-17-8-12-21(13-9-17)24(34)32-26(28(29,30)31)36-22-14-10-19(11-15-22)16-23-25(35)33(27(37)38-23)18(2)20-6-4-3-5-7-20/h3-16,18,26H,1-2H3,(H,32,34)/b23-16-/t18-,26-/m1/s1. The van der Waals surface area contributed by atoms with Crippen molar-refractivity contribution in [1.82, 2.24) is 10.2 Å². The summed E-state index contributed by atoms with van der Waals surface area (Å²) in [5.41, 5.74) is 3.19. The average Bonchev–Trinajstić information content (AvgIpc) is 3.16. The molecular formula is C28H23Cl3N2O3S2. The number of thioether (sulfide) groups is 1. The molecule has 38 heavy (non-hydrogen) atoms. The van der Waals surface area contributed by atoms with Crippen LogP contribution in [0.15, 0.2) is 83.8 Å². The van der Waals surface area contributed by atoms with E-state index in [1.807, 2.05) is 56.3 Å². The zero-order chi connectivity index (χ0) is 27.4. The highest BCUT2D eigenvalue weighted by Crippen LogP contribution is 2.38. The Morgan fingerprint density at radius 1 is 1.03 bits per heavy atom. The molecule has 2 atom stereocenters. The van der Waals surface area contributed by atoms with Crippen LogP contribution in [0.5, 0.6) is 5.75 Å². The van der Waals surface area contributed by atoms with Crippen molar-refractivity contribution in [3.63, 3.8) is 0 Å². The topological polar surface area (TPSA) is 58.6 Å². The minimum Gasteiger partial charge on any atom is -0.466 e. The van der Waals surface area contributed by atoms with Gasteiger partial charge in [-0.05, 0) is 55.3 Å². The first kappa shape index (κ1) is 28.5. The Balaban J connectivity index is 1.45. The number of thiocarbonyl (C=S) groups is 1. The van der Waals surface area contributed by atoms with E-state index in [1.54, 1.807) is 47.4 Å². The molecular weight excluding hydrogens is 583 g/mol. The highest BCUT2D eigenvalue weighted by molar-refractivity contribution is 8.26. The number of nitrogens with one attached hydrogen (secondary N) is 1. The molecule has 2 amide bonds. The van der Waals surface area contributed by atoms with Crippen LogP contribution in [-0.4, -0.2) is 31.1 Å². The second kappa shape index (κ2) is 12.1. The van der Waals surface area contributed by atoms with Gasteiger partial charge >= 0.3 is 0 Å². The maximum absolute atomic E-state index is 13.1. The number of aryl methyl sites for hydroxylation is 1. The number of ether oxygens (including phenoxy) is 1. The predicted molar refractivity (Wildman–Crippen MR) is 160 cm³/mol. The van der Waals surface area contributed by atoms with Gasteiger partial charge in [-0.2, -0.15) is 0 Å². The zero-order valence-electron chi connectivity index (χ0n) is 20.4. The largest absolute Gasteiger partial charge is 0.466 e. The van der Waals surface area contributed by atoms with Crippen molar-refractivity contribution in [3.8, 4) is 5.75 Å². The molecule has 1 heterocycles. The molecule has 0 bridgehead atoms. The van der Waals surface area contributed by atoms with E-state index in [0.29, 0.717) is 20.5 Å². The molecule has 0 unspecified atom stereocenters. The summed E-state index contributed by atoms with van der Waals surface area (Å²) in [7, 11) is 0. The van der Waals surface area contributed by atoms with Gasteiger partial charge in [0.1, 0.15) is 10.1 Å². The number of halogens is 3. The molecule has 1 aliphatic rings. The molecule has 10 heteroatoms. The summed E-state index contributed by atoms with van der Waals surface area (Å²) in [4.78, 5) is 27.9. The minimum atomic E-state index is -1.93. The highest BCUT2D eigenvalue weighted by Gasteiger charge is 2.37. The number of hydrogen-bond acceptors (Lipinski definition) is 5. The molecule has 1 saturated heterocycles. The summed E-state index contributed by atoms with van der Waals surface area (Å²) in [6, 6.07) is 23.4. The molecule has 0 aromatic heterocycles. The number of amides is 2. The number of rotatable bonds is 7. The van der Waals surface area contributed by atoms with Gasteiger partial charge in [-0.1, -0.05) is 119 Å². The van der Waals surface area contributed by atoms with E-state index in [2.05, 4.69) is 5.32 Å². The van der Waals surface area contributed by atoms with Crippen molar-refractivity contribution in [2.75, 3.05) is 0 Å². The van der Waals surface area contributed by atoms with Gasteiger partial charge in [-0.25, -0.2) is 0 Å². The smallest absolute Gasteiger partial charge is 0.266 e. The lowest BCUT2D eigenvalue weighted by Crippen LogP contribution is -2.47. The Kier molecular flexibility index (Phi) is 9.06. The van der Waals surface area contributed by atoms with E-state index in [4.69, 9.17) is 51.8 Å². The van der Waals surface area contributed by atoms with Gasteiger partial charge in [0.25, 0.3) is 11.8 Å². The minimum absolute atomic E-state index is 0.147. The van der Waals surface area contributed by atoms with E-state index in [-0.39, 0.29) is 11.9 Å². The molecule has 3 aromatic rings. The molecule has 3 aromatic carbocycles. The van der Waals surface area contributed by atoms with E-state index >= 15 is 0 Å². The van der Waals surface area contributed by atoms with Crippen molar-refractivity contribution in [1.29, 1.82) is 0 Å². The fraction of sp³-hybridized carbons (Fsp3) is 0.179. The molecule has 1 aliphatic heterocycles. The monoisotopic (exact) mass is 604 g/mol. The third-order valence-corrected chi connectivity index (χ3v) is 7.72. The van der Waals surface area contributed by atoms with E-state index in [1.165, 1.54) is 11.8 Å². The van der Waals surface area contributed by atoms with Gasteiger partial charge in [-0.3, -0.25) is 14.5 Å².